The molecule has 1 aromatic rings. The molecule has 2 rings (SSSR count). The maximum Gasteiger partial charge on any atom is 0.258 e. The van der Waals surface area contributed by atoms with E-state index >= 15 is 0 Å². The van der Waals surface area contributed by atoms with Gasteiger partial charge in [0.15, 0.2) is 0 Å². The zero-order valence-corrected chi connectivity index (χ0v) is 11.2. The molecule has 1 fully saturated rings. The zero-order valence-electron chi connectivity index (χ0n) is 11.2. The van der Waals surface area contributed by atoms with Gasteiger partial charge < -0.3 is 15.2 Å². The number of methoxy groups -OCH3 is 1. The summed E-state index contributed by atoms with van der Waals surface area (Å²) in [4.78, 5) is 12.1. The van der Waals surface area contributed by atoms with Crippen LogP contribution in [0.5, 0.6) is 5.75 Å². The van der Waals surface area contributed by atoms with Gasteiger partial charge in [-0.1, -0.05) is 19.9 Å². The van der Waals surface area contributed by atoms with E-state index in [4.69, 9.17) is 4.74 Å². The number of ether oxygens (including phenoxy) is 1. The van der Waals surface area contributed by atoms with Gasteiger partial charge in [0.25, 0.3) is 5.91 Å². The Hall–Kier alpha value is -1.62. The summed E-state index contributed by atoms with van der Waals surface area (Å²) in [5.41, 5.74) is -0.490. The third-order valence-electron chi connectivity index (χ3n) is 3.94. The Morgan fingerprint density at radius 1 is 1.53 bits per heavy atom. The lowest BCUT2D eigenvalue weighted by molar-refractivity contribution is -0.0690. The van der Waals surface area contributed by atoms with Crippen molar-refractivity contribution in [2.75, 3.05) is 7.11 Å². The van der Waals surface area contributed by atoms with Crippen molar-refractivity contribution in [3.63, 3.8) is 0 Å². The number of nitrogens with one attached hydrogen (secondary N) is 1. The first kappa shape index (κ1) is 13.8. The first-order chi connectivity index (χ1) is 8.87. The van der Waals surface area contributed by atoms with E-state index in [0.29, 0.717) is 6.42 Å². The van der Waals surface area contributed by atoms with Crippen molar-refractivity contribution in [2.45, 2.75) is 32.4 Å². The van der Waals surface area contributed by atoms with Gasteiger partial charge in [-0.05, 0) is 18.6 Å². The van der Waals surface area contributed by atoms with E-state index in [1.165, 1.54) is 19.2 Å². The van der Waals surface area contributed by atoms with Gasteiger partial charge in [0.05, 0.1) is 13.2 Å². The maximum absolute atomic E-state index is 13.7. The van der Waals surface area contributed by atoms with Crippen molar-refractivity contribution in [1.82, 2.24) is 5.32 Å². The highest BCUT2D eigenvalue weighted by molar-refractivity contribution is 5.97. The molecule has 1 aromatic carbocycles. The number of hydrogen-bond donors (Lipinski definition) is 2. The Kier molecular flexibility index (Phi) is 3.49. The predicted octanol–water partition coefficient (Wildman–Crippen LogP) is 1.72. The summed E-state index contributed by atoms with van der Waals surface area (Å²) in [6.07, 6.45) is 0.0375. The highest BCUT2D eigenvalue weighted by Gasteiger charge is 2.48. The smallest absolute Gasteiger partial charge is 0.258 e. The number of hydrogen-bond acceptors (Lipinski definition) is 3. The van der Waals surface area contributed by atoms with Crippen molar-refractivity contribution in [3.8, 4) is 5.75 Å². The highest BCUT2D eigenvalue weighted by atomic mass is 19.1. The van der Waals surface area contributed by atoms with Crippen LogP contribution in [0.2, 0.25) is 0 Å². The van der Waals surface area contributed by atoms with E-state index < -0.39 is 23.2 Å². The molecule has 0 radical (unpaired) electrons. The van der Waals surface area contributed by atoms with Crippen LogP contribution in [-0.2, 0) is 0 Å². The van der Waals surface area contributed by atoms with E-state index in [2.05, 4.69) is 5.32 Å². The van der Waals surface area contributed by atoms with Gasteiger partial charge in [-0.2, -0.15) is 0 Å². The summed E-state index contributed by atoms with van der Waals surface area (Å²) in [6.45, 7) is 3.73. The van der Waals surface area contributed by atoms with Crippen LogP contribution < -0.4 is 10.1 Å². The Morgan fingerprint density at radius 2 is 2.21 bits per heavy atom. The number of carbonyl (C=O) groups excluding carboxylic acids is 1. The fourth-order valence-corrected chi connectivity index (χ4v) is 2.27. The summed E-state index contributed by atoms with van der Waals surface area (Å²) in [6, 6.07) is 4.08. The molecule has 1 aliphatic carbocycles. The second-order valence-electron chi connectivity index (χ2n) is 5.42. The summed E-state index contributed by atoms with van der Waals surface area (Å²) < 4.78 is 18.7. The SMILES string of the molecule is COc1cccc(F)c1C(=O)NC1CC(O)C1(C)C. The minimum Gasteiger partial charge on any atom is -0.496 e. The first-order valence-corrected chi connectivity index (χ1v) is 6.19. The minimum absolute atomic E-state index is 0.0952. The number of aliphatic hydroxyl groups excluding tert-OH is 1. The van der Waals surface area contributed by atoms with Gasteiger partial charge in [-0.3, -0.25) is 4.79 Å². The van der Waals surface area contributed by atoms with Crippen LogP contribution in [-0.4, -0.2) is 30.3 Å². The largest absolute Gasteiger partial charge is 0.496 e. The molecule has 5 heteroatoms. The highest BCUT2D eigenvalue weighted by Crippen LogP contribution is 2.40. The number of benzene rings is 1. The molecule has 0 saturated heterocycles. The Labute approximate surface area is 111 Å². The number of amides is 1. The Balaban J connectivity index is 2.18. The third-order valence-corrected chi connectivity index (χ3v) is 3.94. The molecule has 2 atom stereocenters. The number of aliphatic hydroxyl groups is 1. The van der Waals surface area contributed by atoms with Crippen molar-refractivity contribution in [2.24, 2.45) is 5.41 Å². The lowest BCUT2D eigenvalue weighted by Gasteiger charge is -2.49. The van der Waals surface area contributed by atoms with Crippen molar-refractivity contribution < 1.29 is 19.0 Å². The van der Waals surface area contributed by atoms with Crippen molar-refractivity contribution >= 4 is 5.91 Å². The molecular weight excluding hydrogens is 249 g/mol. The van der Waals surface area contributed by atoms with E-state index in [1.807, 2.05) is 13.8 Å². The average Bonchev–Trinajstić information content (AvgIpc) is 2.37. The van der Waals surface area contributed by atoms with Crippen LogP contribution in [0.1, 0.15) is 30.6 Å². The van der Waals surface area contributed by atoms with E-state index in [9.17, 15) is 14.3 Å². The number of halogens is 1. The van der Waals surface area contributed by atoms with E-state index in [1.54, 1.807) is 6.07 Å². The molecule has 0 spiro atoms. The third kappa shape index (κ3) is 2.30. The summed E-state index contributed by atoms with van der Waals surface area (Å²) in [5.74, 6) is -0.926. The van der Waals surface area contributed by atoms with Crippen LogP contribution in [0.15, 0.2) is 18.2 Å². The molecule has 1 amide bonds. The van der Waals surface area contributed by atoms with Crippen molar-refractivity contribution in [3.05, 3.63) is 29.6 Å². The Morgan fingerprint density at radius 3 is 2.74 bits per heavy atom. The molecule has 0 heterocycles. The molecule has 104 valence electrons. The molecule has 2 unspecified atom stereocenters. The van der Waals surface area contributed by atoms with Gasteiger partial charge in [0, 0.05) is 11.5 Å². The van der Waals surface area contributed by atoms with Crippen LogP contribution in [0.4, 0.5) is 4.39 Å². The molecule has 1 saturated carbocycles. The standard InChI is InChI=1S/C14H18FNO3/c1-14(2)10(7-11(14)17)16-13(18)12-8(15)5-4-6-9(12)19-3/h4-6,10-11,17H,7H2,1-3H3,(H,16,18). The van der Waals surface area contributed by atoms with Crippen LogP contribution in [0.3, 0.4) is 0 Å². The first-order valence-electron chi connectivity index (χ1n) is 6.19. The van der Waals surface area contributed by atoms with Gasteiger partial charge in [0.1, 0.15) is 17.1 Å². The van der Waals surface area contributed by atoms with E-state index in [-0.39, 0.29) is 17.4 Å². The Bertz CT molecular complexity index is 501. The molecule has 0 aliphatic heterocycles. The second kappa shape index (κ2) is 4.81. The molecule has 1 aliphatic rings. The summed E-state index contributed by atoms with van der Waals surface area (Å²) >= 11 is 0. The lowest BCUT2D eigenvalue weighted by Crippen LogP contribution is -2.61. The van der Waals surface area contributed by atoms with Gasteiger partial charge in [0.2, 0.25) is 0 Å². The summed E-state index contributed by atoms with van der Waals surface area (Å²) in [7, 11) is 1.39. The average molecular weight is 267 g/mol. The number of carbonyl (C=O) groups is 1. The monoisotopic (exact) mass is 267 g/mol. The fourth-order valence-electron chi connectivity index (χ4n) is 2.27. The zero-order chi connectivity index (χ0) is 14.2. The fraction of sp³-hybridized carbons (Fsp3) is 0.500. The second-order valence-corrected chi connectivity index (χ2v) is 5.42. The molecule has 0 bridgehead atoms. The molecule has 4 nitrogen and oxygen atoms in total. The lowest BCUT2D eigenvalue weighted by atomic mass is 9.64. The summed E-state index contributed by atoms with van der Waals surface area (Å²) in [5, 5.41) is 12.4. The minimum atomic E-state index is -0.616. The van der Waals surface area contributed by atoms with Crippen LogP contribution >= 0.6 is 0 Å². The predicted molar refractivity (Wildman–Crippen MR) is 68.6 cm³/mol. The quantitative estimate of drug-likeness (QED) is 0.876. The van der Waals surface area contributed by atoms with Crippen LogP contribution in [0.25, 0.3) is 0 Å². The molecule has 19 heavy (non-hydrogen) atoms. The normalized spacial score (nSPS) is 24.5. The maximum atomic E-state index is 13.7. The topological polar surface area (TPSA) is 58.6 Å². The van der Waals surface area contributed by atoms with Crippen molar-refractivity contribution in [1.29, 1.82) is 0 Å². The van der Waals surface area contributed by atoms with Gasteiger partial charge >= 0.3 is 0 Å². The van der Waals surface area contributed by atoms with E-state index in [0.717, 1.165) is 0 Å². The number of rotatable bonds is 3. The van der Waals surface area contributed by atoms with Crippen LogP contribution in [0, 0.1) is 11.2 Å². The van der Waals surface area contributed by atoms with Gasteiger partial charge in [-0.15, -0.1) is 0 Å². The molecule has 2 N–H and O–H groups in total. The van der Waals surface area contributed by atoms with Gasteiger partial charge in [-0.25, -0.2) is 4.39 Å². The molecular formula is C14H18FNO3. The molecule has 0 aromatic heterocycles.